The molecule has 0 bridgehead atoms. The van der Waals surface area contributed by atoms with Crippen molar-refractivity contribution in [2.24, 2.45) is 16.5 Å². The van der Waals surface area contributed by atoms with Crippen LogP contribution in [0.25, 0.3) is 0 Å². The number of aliphatic imine (C=N–C) groups is 1. The Hall–Kier alpha value is -2.40. The van der Waals surface area contributed by atoms with E-state index in [-0.39, 0.29) is 17.4 Å². The van der Waals surface area contributed by atoms with Crippen molar-refractivity contribution >= 4 is 23.5 Å². The zero-order chi connectivity index (χ0) is 16.1. The van der Waals surface area contributed by atoms with Crippen molar-refractivity contribution in [1.29, 1.82) is 0 Å². The predicted molar refractivity (Wildman–Crippen MR) is 85.1 cm³/mol. The van der Waals surface area contributed by atoms with Gasteiger partial charge in [-0.3, -0.25) is 4.79 Å². The van der Waals surface area contributed by atoms with Gasteiger partial charge in [-0.25, -0.2) is 4.39 Å². The Labute approximate surface area is 132 Å². The van der Waals surface area contributed by atoms with Crippen LogP contribution in [0, 0.1) is 5.82 Å². The number of nitrogens with zero attached hydrogens (tertiary/aromatic N) is 1. The SMILES string of the molecule is NC(N)=NC(=O)C(Cc1ccc(Cl)c(F)c1)c1ccccc1. The predicted octanol–water partition coefficient (Wildman–Crippen LogP) is 2.61. The zero-order valence-corrected chi connectivity index (χ0v) is 12.4. The highest BCUT2D eigenvalue weighted by molar-refractivity contribution is 6.30. The van der Waals surface area contributed by atoms with Gasteiger partial charge >= 0.3 is 0 Å². The van der Waals surface area contributed by atoms with E-state index in [1.165, 1.54) is 12.1 Å². The fraction of sp³-hybridized carbons (Fsp3) is 0.125. The number of hydrogen-bond acceptors (Lipinski definition) is 1. The molecular formula is C16H15ClFN3O. The average Bonchev–Trinajstić information content (AvgIpc) is 2.48. The molecule has 0 radical (unpaired) electrons. The maximum absolute atomic E-state index is 13.6. The summed E-state index contributed by atoms with van der Waals surface area (Å²) in [6.07, 6.45) is 0.272. The number of amides is 1. The van der Waals surface area contributed by atoms with Gasteiger partial charge in [0.15, 0.2) is 5.96 Å². The second kappa shape index (κ2) is 7.04. The summed E-state index contributed by atoms with van der Waals surface area (Å²) in [4.78, 5) is 15.8. The van der Waals surface area contributed by atoms with E-state index in [0.717, 1.165) is 5.56 Å². The van der Waals surface area contributed by atoms with Crippen LogP contribution >= 0.6 is 11.6 Å². The largest absolute Gasteiger partial charge is 0.370 e. The molecule has 0 heterocycles. The lowest BCUT2D eigenvalue weighted by Crippen LogP contribution is -2.26. The first-order valence-electron chi connectivity index (χ1n) is 6.59. The zero-order valence-electron chi connectivity index (χ0n) is 11.7. The van der Waals surface area contributed by atoms with E-state index in [1.54, 1.807) is 18.2 Å². The van der Waals surface area contributed by atoms with Crippen LogP contribution in [-0.4, -0.2) is 11.9 Å². The highest BCUT2D eigenvalue weighted by atomic mass is 35.5. The smallest absolute Gasteiger partial charge is 0.256 e. The lowest BCUT2D eigenvalue weighted by atomic mass is 9.91. The Morgan fingerprint density at radius 1 is 1.18 bits per heavy atom. The molecule has 2 rings (SSSR count). The summed E-state index contributed by atoms with van der Waals surface area (Å²) in [7, 11) is 0. The number of benzene rings is 2. The molecule has 4 N–H and O–H groups in total. The molecule has 0 aromatic heterocycles. The van der Waals surface area contributed by atoms with Crippen molar-refractivity contribution in [3.63, 3.8) is 0 Å². The first-order chi connectivity index (χ1) is 10.5. The molecule has 1 unspecified atom stereocenters. The normalized spacial score (nSPS) is 11.7. The van der Waals surface area contributed by atoms with Crippen LogP contribution < -0.4 is 11.5 Å². The molecular weight excluding hydrogens is 305 g/mol. The van der Waals surface area contributed by atoms with Crippen molar-refractivity contribution in [3.05, 3.63) is 70.5 Å². The van der Waals surface area contributed by atoms with Gasteiger partial charge in [0.1, 0.15) is 5.82 Å². The van der Waals surface area contributed by atoms with Gasteiger partial charge in [-0.05, 0) is 29.7 Å². The van der Waals surface area contributed by atoms with E-state index in [2.05, 4.69) is 4.99 Å². The van der Waals surface area contributed by atoms with Crippen LogP contribution in [0.15, 0.2) is 53.5 Å². The van der Waals surface area contributed by atoms with Gasteiger partial charge in [-0.2, -0.15) is 4.99 Å². The molecule has 6 heteroatoms. The summed E-state index contributed by atoms with van der Waals surface area (Å²) in [5.74, 6) is -1.89. The van der Waals surface area contributed by atoms with Crippen LogP contribution in [0.1, 0.15) is 17.0 Å². The van der Waals surface area contributed by atoms with E-state index in [1.807, 2.05) is 18.2 Å². The molecule has 2 aromatic carbocycles. The second-order valence-electron chi connectivity index (χ2n) is 4.79. The van der Waals surface area contributed by atoms with Crippen LogP contribution in [0.4, 0.5) is 4.39 Å². The minimum Gasteiger partial charge on any atom is -0.370 e. The average molecular weight is 320 g/mol. The number of halogens is 2. The quantitative estimate of drug-likeness (QED) is 0.671. The van der Waals surface area contributed by atoms with Crippen LogP contribution in [0.5, 0.6) is 0 Å². The number of rotatable bonds is 4. The van der Waals surface area contributed by atoms with Crippen molar-refractivity contribution in [1.82, 2.24) is 0 Å². The number of carbonyl (C=O) groups excluding carboxylic acids is 1. The van der Waals surface area contributed by atoms with Gasteiger partial charge < -0.3 is 11.5 Å². The first kappa shape index (κ1) is 16.0. The van der Waals surface area contributed by atoms with Gasteiger partial charge in [0.2, 0.25) is 0 Å². The Bertz CT molecular complexity index is 700. The number of carbonyl (C=O) groups is 1. The van der Waals surface area contributed by atoms with Gasteiger partial charge in [-0.1, -0.05) is 48.0 Å². The van der Waals surface area contributed by atoms with Crippen molar-refractivity contribution in [2.45, 2.75) is 12.3 Å². The fourth-order valence-corrected chi connectivity index (χ4v) is 2.26. The summed E-state index contributed by atoms with van der Waals surface area (Å²) >= 11 is 5.67. The maximum atomic E-state index is 13.6. The second-order valence-corrected chi connectivity index (χ2v) is 5.20. The number of guanidine groups is 1. The molecule has 22 heavy (non-hydrogen) atoms. The van der Waals surface area contributed by atoms with E-state index in [4.69, 9.17) is 23.1 Å². The maximum Gasteiger partial charge on any atom is 0.256 e. The Morgan fingerprint density at radius 2 is 1.86 bits per heavy atom. The Balaban J connectivity index is 2.34. The molecule has 0 aliphatic carbocycles. The molecule has 114 valence electrons. The van der Waals surface area contributed by atoms with Crippen molar-refractivity contribution in [2.75, 3.05) is 0 Å². The van der Waals surface area contributed by atoms with Gasteiger partial charge in [-0.15, -0.1) is 0 Å². The molecule has 0 aliphatic rings. The highest BCUT2D eigenvalue weighted by Gasteiger charge is 2.21. The lowest BCUT2D eigenvalue weighted by Gasteiger charge is -2.14. The molecule has 0 spiro atoms. The fourth-order valence-electron chi connectivity index (χ4n) is 2.14. The molecule has 0 saturated carbocycles. The summed E-state index contributed by atoms with van der Waals surface area (Å²) in [6, 6.07) is 13.5. The monoisotopic (exact) mass is 319 g/mol. The highest BCUT2D eigenvalue weighted by Crippen LogP contribution is 2.24. The molecule has 0 fully saturated rings. The van der Waals surface area contributed by atoms with Crippen molar-refractivity contribution in [3.8, 4) is 0 Å². The van der Waals surface area contributed by atoms with E-state index in [9.17, 15) is 9.18 Å². The topological polar surface area (TPSA) is 81.5 Å². The minimum atomic E-state index is -0.594. The standard InChI is InChI=1S/C16H15ClFN3O/c17-13-7-6-10(9-14(13)18)8-12(15(22)21-16(19)20)11-4-2-1-3-5-11/h1-7,9,12H,8H2,(H4,19,20,21,22). The van der Waals surface area contributed by atoms with Gasteiger partial charge in [0.25, 0.3) is 5.91 Å². The summed E-state index contributed by atoms with van der Waals surface area (Å²) < 4.78 is 13.6. The third kappa shape index (κ3) is 4.05. The summed E-state index contributed by atoms with van der Waals surface area (Å²) in [5.41, 5.74) is 11.9. The molecule has 4 nitrogen and oxygen atoms in total. The van der Waals surface area contributed by atoms with E-state index < -0.39 is 17.6 Å². The van der Waals surface area contributed by atoms with Gasteiger partial charge in [0, 0.05) is 0 Å². The van der Waals surface area contributed by atoms with Gasteiger partial charge in [0.05, 0.1) is 10.9 Å². The summed E-state index contributed by atoms with van der Waals surface area (Å²) in [5, 5.41) is 0.0376. The third-order valence-electron chi connectivity index (χ3n) is 3.16. The van der Waals surface area contributed by atoms with E-state index >= 15 is 0 Å². The molecule has 0 aliphatic heterocycles. The number of hydrogen-bond donors (Lipinski definition) is 2. The van der Waals surface area contributed by atoms with Crippen LogP contribution in [0.3, 0.4) is 0 Å². The molecule has 2 aromatic rings. The Morgan fingerprint density at radius 3 is 2.45 bits per heavy atom. The summed E-state index contributed by atoms with van der Waals surface area (Å²) in [6.45, 7) is 0. The third-order valence-corrected chi connectivity index (χ3v) is 3.47. The Kier molecular flexibility index (Phi) is 5.12. The molecule has 1 atom stereocenters. The minimum absolute atomic E-state index is 0.0376. The molecule has 1 amide bonds. The first-order valence-corrected chi connectivity index (χ1v) is 6.97. The van der Waals surface area contributed by atoms with Crippen LogP contribution in [-0.2, 0) is 11.2 Å². The number of nitrogens with two attached hydrogens (primary N) is 2. The lowest BCUT2D eigenvalue weighted by molar-refractivity contribution is -0.119. The van der Waals surface area contributed by atoms with Crippen molar-refractivity contribution < 1.29 is 9.18 Å². The van der Waals surface area contributed by atoms with E-state index in [0.29, 0.717) is 5.56 Å². The van der Waals surface area contributed by atoms with Crippen LogP contribution in [0.2, 0.25) is 5.02 Å². The molecule has 0 saturated heterocycles.